The zero-order chi connectivity index (χ0) is 29.6. The van der Waals surface area contributed by atoms with Crippen molar-refractivity contribution < 1.29 is 24.0 Å². The molecule has 0 spiro atoms. The van der Waals surface area contributed by atoms with Crippen LogP contribution in [0.25, 0.3) is 6.08 Å². The van der Waals surface area contributed by atoms with Gasteiger partial charge in [-0.2, -0.15) is 0 Å². The second kappa shape index (κ2) is 17.3. The molecule has 9 heteroatoms. The Morgan fingerprint density at radius 3 is 2.37 bits per heavy atom. The number of likely N-dealkylation sites (tertiary alicyclic amines) is 1. The zero-order valence-corrected chi connectivity index (χ0v) is 25.3. The van der Waals surface area contributed by atoms with Crippen molar-refractivity contribution in [2.24, 2.45) is 23.7 Å². The van der Waals surface area contributed by atoms with Crippen LogP contribution in [-0.2, 0) is 24.0 Å². The lowest BCUT2D eigenvalue weighted by atomic mass is 9.82. The highest BCUT2D eigenvalue weighted by Crippen LogP contribution is 2.26. The maximum atomic E-state index is 13.9. The third kappa shape index (κ3) is 11.6. The van der Waals surface area contributed by atoms with Crippen LogP contribution in [0.5, 0.6) is 0 Å². The molecule has 2 heterocycles. The second-order valence-corrected chi connectivity index (χ2v) is 12.1. The summed E-state index contributed by atoms with van der Waals surface area (Å²) in [5, 5.41) is 1.46. The number of hydroxylamine groups is 1. The van der Waals surface area contributed by atoms with E-state index in [0.29, 0.717) is 32.4 Å². The lowest BCUT2D eigenvalue weighted by molar-refractivity contribution is -0.203. The highest BCUT2D eigenvalue weighted by atomic mass is 16.8. The molecule has 41 heavy (non-hydrogen) atoms. The summed E-state index contributed by atoms with van der Waals surface area (Å²) in [5.41, 5.74) is 6.54. The third-order valence-corrected chi connectivity index (χ3v) is 7.46. The monoisotopic (exact) mass is 570 g/mol. The first-order valence-electron chi connectivity index (χ1n) is 15.3. The van der Waals surface area contributed by atoms with Gasteiger partial charge in [-0.1, -0.05) is 70.2 Å². The number of carbonyl (C=O) groups is 3. The molecule has 3 amide bonds. The lowest BCUT2D eigenvalue weighted by Crippen LogP contribution is -2.54. The summed E-state index contributed by atoms with van der Waals surface area (Å²) in [5.74, 6) is -1.86. The van der Waals surface area contributed by atoms with Gasteiger partial charge in [0, 0.05) is 19.6 Å². The zero-order valence-electron chi connectivity index (χ0n) is 25.3. The van der Waals surface area contributed by atoms with Gasteiger partial charge in [-0.05, 0) is 69.0 Å². The van der Waals surface area contributed by atoms with Crippen LogP contribution in [0, 0.1) is 23.7 Å². The fraction of sp³-hybridized carbons (Fsp3) is 0.656. The Morgan fingerprint density at radius 1 is 1.00 bits per heavy atom. The number of allylic oxidation sites excluding steroid dienone is 1. The molecule has 228 valence electrons. The van der Waals surface area contributed by atoms with E-state index in [1.54, 1.807) is 0 Å². The average Bonchev–Trinajstić information content (AvgIpc) is 3.46. The minimum absolute atomic E-state index is 0.125. The van der Waals surface area contributed by atoms with Crippen LogP contribution in [0.15, 0.2) is 36.4 Å². The van der Waals surface area contributed by atoms with Crippen LogP contribution in [0.4, 0.5) is 0 Å². The van der Waals surface area contributed by atoms with Crippen LogP contribution in [-0.4, -0.2) is 66.7 Å². The number of hydrogen-bond donors (Lipinski definition) is 2. The maximum absolute atomic E-state index is 13.9. The van der Waals surface area contributed by atoms with Crippen molar-refractivity contribution in [3.63, 3.8) is 0 Å². The summed E-state index contributed by atoms with van der Waals surface area (Å²) in [6.45, 7) is 11.2. The molecule has 0 aromatic heterocycles. The van der Waals surface area contributed by atoms with Gasteiger partial charge >= 0.3 is 0 Å². The van der Waals surface area contributed by atoms with E-state index in [1.807, 2.05) is 70.2 Å². The minimum Gasteiger partial charge on any atom is -0.350 e. The summed E-state index contributed by atoms with van der Waals surface area (Å²) in [6.07, 6.45) is 9.05. The number of amides is 3. The van der Waals surface area contributed by atoms with Gasteiger partial charge < -0.3 is 4.74 Å². The van der Waals surface area contributed by atoms with Crippen LogP contribution in [0.3, 0.4) is 0 Å². The van der Waals surface area contributed by atoms with Gasteiger partial charge in [0.2, 0.25) is 11.8 Å². The van der Waals surface area contributed by atoms with E-state index in [1.165, 1.54) is 5.01 Å². The Morgan fingerprint density at radius 2 is 1.73 bits per heavy atom. The van der Waals surface area contributed by atoms with Crippen molar-refractivity contribution in [1.29, 1.82) is 0 Å². The molecule has 9 nitrogen and oxygen atoms in total. The Bertz CT molecular complexity index is 972. The predicted octanol–water partition coefficient (Wildman–Crippen LogP) is 4.55. The van der Waals surface area contributed by atoms with E-state index >= 15 is 0 Å². The molecule has 1 unspecified atom stereocenters. The number of carbonyl (C=O) groups excluding carboxylic acids is 3. The van der Waals surface area contributed by atoms with Crippen molar-refractivity contribution in [1.82, 2.24) is 20.8 Å². The first-order chi connectivity index (χ1) is 19.7. The van der Waals surface area contributed by atoms with Crippen molar-refractivity contribution in [3.05, 3.63) is 42.0 Å². The molecule has 0 radical (unpaired) electrons. The number of rotatable bonds is 14. The summed E-state index contributed by atoms with van der Waals surface area (Å²) in [4.78, 5) is 48.5. The van der Waals surface area contributed by atoms with E-state index < -0.39 is 18.1 Å². The fourth-order valence-electron chi connectivity index (χ4n) is 5.34. The SMILES string of the molecule is CC(C)C[C@@H](C(=O)NN(CC(C)C)C(=O)CN1CCCC1)[C@H](C/C=C/c1ccccc1)C(=O)NOC1CCCCO1. The van der Waals surface area contributed by atoms with Gasteiger partial charge in [0.25, 0.3) is 5.91 Å². The van der Waals surface area contributed by atoms with Gasteiger partial charge in [0.1, 0.15) is 0 Å². The minimum atomic E-state index is -0.699. The topological polar surface area (TPSA) is 100 Å². The number of benzene rings is 1. The molecular formula is C32H50N4O5. The number of hydrazine groups is 1. The van der Waals surface area contributed by atoms with Crippen molar-refractivity contribution in [3.8, 4) is 0 Å². The first-order valence-corrected chi connectivity index (χ1v) is 15.3. The number of nitrogens with zero attached hydrogens (tertiary/aromatic N) is 2. The van der Waals surface area contributed by atoms with E-state index in [2.05, 4.69) is 15.8 Å². The molecule has 2 fully saturated rings. The fourth-order valence-corrected chi connectivity index (χ4v) is 5.34. The Kier molecular flexibility index (Phi) is 13.8. The highest BCUT2D eigenvalue weighted by molar-refractivity contribution is 5.89. The van der Waals surface area contributed by atoms with E-state index in [4.69, 9.17) is 9.57 Å². The number of hydrogen-bond acceptors (Lipinski definition) is 6. The van der Waals surface area contributed by atoms with E-state index in [-0.39, 0.29) is 36.1 Å². The highest BCUT2D eigenvalue weighted by Gasteiger charge is 2.36. The lowest BCUT2D eigenvalue weighted by Gasteiger charge is -2.32. The van der Waals surface area contributed by atoms with Crippen LogP contribution >= 0.6 is 0 Å². The average molecular weight is 571 g/mol. The maximum Gasteiger partial charge on any atom is 0.255 e. The van der Waals surface area contributed by atoms with Crippen molar-refractivity contribution in [2.45, 2.75) is 78.9 Å². The molecule has 0 aliphatic carbocycles. The Hall–Kier alpha value is -2.75. The smallest absolute Gasteiger partial charge is 0.255 e. The molecule has 0 bridgehead atoms. The molecule has 3 atom stereocenters. The third-order valence-electron chi connectivity index (χ3n) is 7.46. The molecule has 3 rings (SSSR count). The van der Waals surface area contributed by atoms with Gasteiger partial charge in [-0.15, -0.1) is 0 Å². The van der Waals surface area contributed by atoms with Gasteiger partial charge in [0.15, 0.2) is 6.29 Å². The Labute approximate surface area is 245 Å². The quantitative estimate of drug-likeness (QED) is 0.318. The van der Waals surface area contributed by atoms with E-state index in [0.717, 1.165) is 44.3 Å². The van der Waals surface area contributed by atoms with Crippen LogP contribution in [0.2, 0.25) is 0 Å². The summed E-state index contributed by atoms with van der Waals surface area (Å²) in [7, 11) is 0. The predicted molar refractivity (Wildman–Crippen MR) is 160 cm³/mol. The van der Waals surface area contributed by atoms with Crippen LogP contribution < -0.4 is 10.9 Å². The molecule has 1 aromatic rings. The van der Waals surface area contributed by atoms with E-state index in [9.17, 15) is 14.4 Å². The molecule has 2 aliphatic heterocycles. The van der Waals surface area contributed by atoms with Crippen molar-refractivity contribution in [2.75, 3.05) is 32.8 Å². The Balaban J connectivity index is 1.78. The number of nitrogens with one attached hydrogen (secondary N) is 2. The molecular weight excluding hydrogens is 520 g/mol. The normalized spacial score (nSPS) is 19.4. The standard InChI is InChI=1S/C32H50N4O5/c1-24(2)21-28(31(38)33-36(22-25(3)4)29(37)23-35-18-9-10-19-35)27(16-12-15-26-13-6-5-7-14-26)32(39)34-41-30-17-8-11-20-40-30/h5-7,12-15,24-25,27-28,30H,8-11,16-23H2,1-4H3,(H,33,38)(H,34,39)/b15-12+/t27-,28+,30?/m0/s1. The molecule has 0 saturated carbocycles. The first kappa shape index (κ1) is 32.8. The summed E-state index contributed by atoms with van der Waals surface area (Å²) < 4.78 is 5.61. The largest absolute Gasteiger partial charge is 0.350 e. The van der Waals surface area contributed by atoms with Gasteiger partial charge in [-0.25, -0.2) is 10.3 Å². The molecule has 2 saturated heterocycles. The van der Waals surface area contributed by atoms with Gasteiger partial charge in [0.05, 0.1) is 18.4 Å². The van der Waals surface area contributed by atoms with Crippen molar-refractivity contribution >= 4 is 23.8 Å². The molecule has 2 aliphatic rings. The van der Waals surface area contributed by atoms with Crippen LogP contribution in [0.1, 0.15) is 78.2 Å². The summed E-state index contributed by atoms with van der Waals surface area (Å²) >= 11 is 0. The van der Waals surface area contributed by atoms with Gasteiger partial charge in [-0.3, -0.25) is 29.7 Å². The molecule has 1 aromatic carbocycles. The number of ether oxygens (including phenoxy) is 1. The second-order valence-electron chi connectivity index (χ2n) is 12.1. The molecule has 2 N–H and O–H groups in total. The summed E-state index contributed by atoms with van der Waals surface area (Å²) in [6, 6.07) is 9.85.